The van der Waals surface area contributed by atoms with E-state index >= 15 is 0 Å². The van der Waals surface area contributed by atoms with Crippen LogP contribution in [0.1, 0.15) is 25.7 Å². The first-order valence-electron chi connectivity index (χ1n) is 7.48. The summed E-state index contributed by atoms with van der Waals surface area (Å²) in [4.78, 5) is 14.7. The quantitative estimate of drug-likeness (QED) is 0.742. The normalized spacial score (nSPS) is 46.4. The zero-order valence-corrected chi connectivity index (χ0v) is 10.8. The number of carbonyl (C=O) groups excluding carboxylic acids is 1. The molecule has 1 amide bonds. The Balaban J connectivity index is 1.43. The fraction of sp³-hybridized carbons (Fsp3) is 0.929. The van der Waals surface area contributed by atoms with E-state index in [2.05, 4.69) is 10.2 Å². The van der Waals surface area contributed by atoms with Crippen molar-refractivity contribution in [3.8, 4) is 0 Å². The van der Waals surface area contributed by atoms with Gasteiger partial charge in [-0.2, -0.15) is 0 Å². The highest BCUT2D eigenvalue weighted by Gasteiger charge is 2.54. The Morgan fingerprint density at radius 1 is 1.11 bits per heavy atom. The lowest BCUT2D eigenvalue weighted by Crippen LogP contribution is -2.42. The maximum absolute atomic E-state index is 12.5. The van der Waals surface area contributed by atoms with Crippen molar-refractivity contribution >= 4 is 5.91 Å². The zero-order valence-electron chi connectivity index (χ0n) is 10.8. The number of ether oxygens (including phenoxy) is 1. The molecule has 5 unspecified atom stereocenters. The van der Waals surface area contributed by atoms with Crippen LogP contribution in [-0.2, 0) is 9.53 Å². The molecule has 4 heterocycles. The molecule has 0 spiro atoms. The van der Waals surface area contributed by atoms with E-state index in [1.54, 1.807) is 0 Å². The number of carbonyl (C=O) groups is 1. The van der Waals surface area contributed by atoms with E-state index in [0.29, 0.717) is 30.0 Å². The van der Waals surface area contributed by atoms with Gasteiger partial charge in [-0.25, -0.2) is 0 Å². The molecular weight excluding hydrogens is 228 g/mol. The third kappa shape index (κ3) is 1.62. The van der Waals surface area contributed by atoms with Gasteiger partial charge in [0.25, 0.3) is 0 Å². The topological polar surface area (TPSA) is 41.6 Å². The highest BCUT2D eigenvalue weighted by atomic mass is 16.5. The van der Waals surface area contributed by atoms with Crippen LogP contribution >= 0.6 is 0 Å². The van der Waals surface area contributed by atoms with Gasteiger partial charge in [0.2, 0.25) is 5.91 Å². The smallest absolute Gasteiger partial charge is 0.226 e. The predicted octanol–water partition coefficient (Wildman–Crippen LogP) is 0.622. The van der Waals surface area contributed by atoms with E-state index in [9.17, 15) is 4.79 Å². The summed E-state index contributed by atoms with van der Waals surface area (Å²) in [6, 6.07) is 0. The van der Waals surface area contributed by atoms with Gasteiger partial charge in [0.1, 0.15) is 0 Å². The van der Waals surface area contributed by atoms with Gasteiger partial charge in [0, 0.05) is 31.5 Å². The van der Waals surface area contributed by atoms with Gasteiger partial charge in [-0.1, -0.05) is 0 Å². The average molecular weight is 250 g/mol. The minimum atomic E-state index is 0.233. The van der Waals surface area contributed by atoms with Gasteiger partial charge in [-0.05, 0) is 32.2 Å². The highest BCUT2D eigenvalue weighted by Crippen LogP contribution is 2.47. The maximum Gasteiger partial charge on any atom is 0.226 e. The van der Waals surface area contributed by atoms with Crippen molar-refractivity contribution < 1.29 is 9.53 Å². The van der Waals surface area contributed by atoms with E-state index in [0.717, 1.165) is 39.0 Å². The number of nitrogens with zero attached hydrogens (tertiary/aromatic N) is 1. The van der Waals surface area contributed by atoms with Crippen LogP contribution in [0.15, 0.2) is 0 Å². The molecule has 4 saturated heterocycles. The van der Waals surface area contributed by atoms with Gasteiger partial charge >= 0.3 is 0 Å². The minimum Gasteiger partial charge on any atom is -0.374 e. The third-order valence-electron chi connectivity index (χ3n) is 5.41. The van der Waals surface area contributed by atoms with Crippen molar-refractivity contribution in [2.45, 2.75) is 37.9 Å². The van der Waals surface area contributed by atoms with Crippen molar-refractivity contribution in [3.63, 3.8) is 0 Å². The van der Waals surface area contributed by atoms with Crippen molar-refractivity contribution in [1.82, 2.24) is 10.2 Å². The molecule has 4 aliphatic heterocycles. The van der Waals surface area contributed by atoms with Crippen molar-refractivity contribution in [2.24, 2.45) is 17.8 Å². The molecule has 4 nitrogen and oxygen atoms in total. The zero-order chi connectivity index (χ0) is 12.1. The highest BCUT2D eigenvalue weighted by molar-refractivity contribution is 5.79. The molecule has 0 aromatic heterocycles. The van der Waals surface area contributed by atoms with E-state index in [-0.39, 0.29) is 5.92 Å². The molecule has 100 valence electrons. The first-order chi connectivity index (χ1) is 8.83. The van der Waals surface area contributed by atoms with Crippen LogP contribution in [0.25, 0.3) is 0 Å². The Labute approximate surface area is 108 Å². The molecule has 0 aromatic carbocycles. The molecule has 0 aromatic rings. The Morgan fingerprint density at radius 3 is 2.44 bits per heavy atom. The van der Waals surface area contributed by atoms with Crippen LogP contribution in [0.2, 0.25) is 0 Å². The van der Waals surface area contributed by atoms with Gasteiger partial charge in [-0.3, -0.25) is 4.79 Å². The van der Waals surface area contributed by atoms with Crippen LogP contribution in [0.4, 0.5) is 0 Å². The summed E-state index contributed by atoms with van der Waals surface area (Å²) in [5, 5.41) is 3.35. The second-order valence-electron chi connectivity index (χ2n) is 6.40. The third-order valence-corrected chi connectivity index (χ3v) is 5.41. The number of amides is 1. The minimum absolute atomic E-state index is 0.233. The summed E-state index contributed by atoms with van der Waals surface area (Å²) < 4.78 is 5.96. The van der Waals surface area contributed by atoms with Crippen LogP contribution < -0.4 is 5.32 Å². The molecule has 2 bridgehead atoms. The number of piperidine rings is 1. The lowest BCUT2D eigenvalue weighted by Gasteiger charge is -2.27. The monoisotopic (exact) mass is 250 g/mol. The summed E-state index contributed by atoms with van der Waals surface area (Å²) in [6.45, 7) is 3.88. The van der Waals surface area contributed by atoms with Crippen molar-refractivity contribution in [3.05, 3.63) is 0 Å². The summed E-state index contributed by atoms with van der Waals surface area (Å²) in [5.74, 6) is 1.92. The number of hydrogen-bond acceptors (Lipinski definition) is 3. The molecule has 4 rings (SSSR count). The lowest BCUT2D eigenvalue weighted by atomic mass is 9.82. The molecule has 4 heteroatoms. The van der Waals surface area contributed by atoms with Gasteiger partial charge in [0.05, 0.1) is 18.1 Å². The number of hydrogen-bond donors (Lipinski definition) is 1. The molecule has 0 aliphatic carbocycles. The largest absolute Gasteiger partial charge is 0.374 e. The summed E-state index contributed by atoms with van der Waals surface area (Å²) >= 11 is 0. The van der Waals surface area contributed by atoms with Gasteiger partial charge in [0.15, 0.2) is 0 Å². The van der Waals surface area contributed by atoms with E-state index in [1.807, 2.05) is 0 Å². The number of likely N-dealkylation sites (tertiary alicyclic amines) is 1. The second-order valence-corrected chi connectivity index (χ2v) is 6.40. The molecule has 0 saturated carbocycles. The maximum atomic E-state index is 12.5. The fourth-order valence-electron chi connectivity index (χ4n) is 4.46. The summed E-state index contributed by atoms with van der Waals surface area (Å²) in [5.41, 5.74) is 0. The first kappa shape index (κ1) is 11.2. The lowest BCUT2D eigenvalue weighted by molar-refractivity contribution is -0.135. The summed E-state index contributed by atoms with van der Waals surface area (Å²) in [7, 11) is 0. The number of rotatable bonds is 1. The first-order valence-corrected chi connectivity index (χ1v) is 7.48. The number of nitrogens with one attached hydrogen (secondary N) is 1. The molecule has 18 heavy (non-hydrogen) atoms. The average Bonchev–Trinajstić information content (AvgIpc) is 3.10. The molecular formula is C14H22N2O2. The van der Waals surface area contributed by atoms with Crippen LogP contribution in [-0.4, -0.2) is 49.2 Å². The van der Waals surface area contributed by atoms with E-state index < -0.39 is 0 Å². The van der Waals surface area contributed by atoms with Gasteiger partial charge in [-0.15, -0.1) is 0 Å². The number of fused-ring (bicyclic) bond motifs is 5. The Bertz CT molecular complexity index is 336. The van der Waals surface area contributed by atoms with E-state index in [4.69, 9.17) is 4.74 Å². The van der Waals surface area contributed by atoms with Crippen LogP contribution in [0, 0.1) is 17.8 Å². The Morgan fingerprint density at radius 2 is 1.83 bits per heavy atom. The molecule has 4 aliphatic rings. The standard InChI is InChI=1S/C14H22N2O2/c17-14(9-2-1-5-15-6-9)16-7-10-11(8-16)13-4-3-12(10)18-13/h9-13,15H,1-8H2. The molecule has 1 N–H and O–H groups in total. The fourth-order valence-corrected chi connectivity index (χ4v) is 4.46. The molecule has 4 fully saturated rings. The summed E-state index contributed by atoms with van der Waals surface area (Å²) in [6.07, 6.45) is 5.58. The van der Waals surface area contributed by atoms with Crippen molar-refractivity contribution in [1.29, 1.82) is 0 Å². The second kappa shape index (κ2) is 4.20. The molecule has 0 radical (unpaired) electrons. The predicted molar refractivity (Wildman–Crippen MR) is 67.0 cm³/mol. The van der Waals surface area contributed by atoms with Gasteiger partial charge < -0.3 is 15.0 Å². The van der Waals surface area contributed by atoms with Crippen LogP contribution in [0.5, 0.6) is 0 Å². The Kier molecular flexibility index (Phi) is 2.62. The van der Waals surface area contributed by atoms with Crippen LogP contribution in [0.3, 0.4) is 0 Å². The van der Waals surface area contributed by atoms with E-state index in [1.165, 1.54) is 12.8 Å². The molecule has 5 atom stereocenters. The van der Waals surface area contributed by atoms with Crippen molar-refractivity contribution in [2.75, 3.05) is 26.2 Å². The SMILES string of the molecule is O=C(C1CCCNC1)N1CC2C3CCC(O3)C2C1. The Hall–Kier alpha value is -0.610.